The summed E-state index contributed by atoms with van der Waals surface area (Å²) in [7, 11) is 1.45. The Labute approximate surface area is 146 Å². The van der Waals surface area contributed by atoms with E-state index < -0.39 is 5.91 Å². The molecular formula is C16H13BrClNO4. The highest BCUT2D eigenvalue weighted by atomic mass is 79.9. The molecule has 5 nitrogen and oxygen atoms in total. The Hall–Kier alpha value is -2.05. The van der Waals surface area contributed by atoms with Crippen LogP contribution >= 0.6 is 27.5 Å². The van der Waals surface area contributed by atoms with Gasteiger partial charge in [-0.25, -0.2) is 0 Å². The van der Waals surface area contributed by atoms with Gasteiger partial charge in [0, 0.05) is 4.47 Å². The highest BCUT2D eigenvalue weighted by molar-refractivity contribution is 9.10. The van der Waals surface area contributed by atoms with Crippen LogP contribution in [0.1, 0.15) is 10.4 Å². The lowest BCUT2D eigenvalue weighted by atomic mass is 10.2. The summed E-state index contributed by atoms with van der Waals surface area (Å²) in [6.07, 6.45) is 0.634. The number of benzene rings is 2. The first-order valence-corrected chi connectivity index (χ1v) is 7.72. The maximum Gasteiger partial charge on any atom is 0.262 e. The monoisotopic (exact) mass is 397 g/mol. The molecule has 0 radical (unpaired) electrons. The fourth-order valence-corrected chi connectivity index (χ4v) is 2.51. The molecule has 0 aromatic heterocycles. The Bertz CT molecular complexity index is 736. The van der Waals surface area contributed by atoms with Gasteiger partial charge in [-0.3, -0.25) is 9.59 Å². The number of hydrogen-bond acceptors (Lipinski definition) is 4. The van der Waals surface area contributed by atoms with Gasteiger partial charge in [0.25, 0.3) is 5.91 Å². The van der Waals surface area contributed by atoms with Crippen LogP contribution in [0.25, 0.3) is 0 Å². The molecule has 0 saturated carbocycles. The minimum Gasteiger partial charge on any atom is -0.493 e. The Morgan fingerprint density at radius 3 is 2.74 bits per heavy atom. The number of anilines is 1. The first kappa shape index (κ1) is 17.3. The van der Waals surface area contributed by atoms with Crippen molar-refractivity contribution in [2.24, 2.45) is 0 Å². The van der Waals surface area contributed by atoms with Gasteiger partial charge in [-0.05, 0) is 24.3 Å². The zero-order valence-electron chi connectivity index (χ0n) is 12.1. The molecule has 0 fully saturated rings. The summed E-state index contributed by atoms with van der Waals surface area (Å²) >= 11 is 9.24. The molecule has 0 aliphatic heterocycles. The van der Waals surface area contributed by atoms with E-state index in [-0.39, 0.29) is 17.9 Å². The molecule has 2 aromatic carbocycles. The molecule has 2 aromatic rings. The van der Waals surface area contributed by atoms with Gasteiger partial charge < -0.3 is 14.8 Å². The van der Waals surface area contributed by atoms with Crippen LogP contribution in [0.15, 0.2) is 40.9 Å². The highest BCUT2D eigenvalue weighted by Gasteiger charge is 2.14. The largest absolute Gasteiger partial charge is 0.493 e. The number of methoxy groups -OCH3 is 1. The summed E-state index contributed by atoms with van der Waals surface area (Å²) in [6, 6.07) is 10.1. The number of carbonyl (C=O) groups excluding carboxylic acids is 2. The van der Waals surface area contributed by atoms with Crippen molar-refractivity contribution >= 4 is 45.4 Å². The zero-order chi connectivity index (χ0) is 16.8. The molecule has 0 bridgehead atoms. The SMILES string of the molecule is COc1cc(Br)cc(C=O)c1OCC(=O)Nc1ccccc1Cl. The second kappa shape index (κ2) is 7.99. The van der Waals surface area contributed by atoms with Gasteiger partial charge in [-0.15, -0.1) is 0 Å². The summed E-state index contributed by atoms with van der Waals surface area (Å²) in [4.78, 5) is 23.1. The standard InChI is InChI=1S/C16H13BrClNO4/c1-22-14-7-11(17)6-10(8-20)16(14)23-9-15(21)19-13-5-3-2-4-12(13)18/h2-8H,9H2,1H3,(H,19,21). The van der Waals surface area contributed by atoms with E-state index in [4.69, 9.17) is 21.1 Å². The summed E-state index contributed by atoms with van der Waals surface area (Å²) in [5.74, 6) is 0.159. The van der Waals surface area contributed by atoms with Crippen molar-refractivity contribution in [2.75, 3.05) is 19.0 Å². The zero-order valence-corrected chi connectivity index (χ0v) is 14.5. The molecule has 7 heteroatoms. The first-order valence-electron chi connectivity index (χ1n) is 6.55. The van der Waals surface area contributed by atoms with E-state index in [1.165, 1.54) is 7.11 Å². The third-order valence-electron chi connectivity index (χ3n) is 2.89. The molecule has 1 amide bonds. The smallest absolute Gasteiger partial charge is 0.262 e. The molecule has 0 aliphatic rings. The van der Waals surface area contributed by atoms with Gasteiger partial charge >= 0.3 is 0 Å². The Kier molecular flexibility index (Phi) is 6.01. The lowest BCUT2D eigenvalue weighted by Crippen LogP contribution is -2.21. The van der Waals surface area contributed by atoms with Gasteiger partial charge in [0.2, 0.25) is 0 Å². The summed E-state index contributed by atoms with van der Waals surface area (Å²) in [5, 5.41) is 3.06. The van der Waals surface area contributed by atoms with Crippen LogP contribution in [0.5, 0.6) is 11.5 Å². The van der Waals surface area contributed by atoms with E-state index in [1.807, 2.05) is 0 Å². The van der Waals surface area contributed by atoms with E-state index in [2.05, 4.69) is 21.2 Å². The number of halogens is 2. The molecular weight excluding hydrogens is 386 g/mol. The van der Waals surface area contributed by atoms with Crippen LogP contribution < -0.4 is 14.8 Å². The van der Waals surface area contributed by atoms with Crippen molar-refractivity contribution in [3.63, 3.8) is 0 Å². The van der Waals surface area contributed by atoms with Crippen molar-refractivity contribution in [1.82, 2.24) is 0 Å². The Balaban J connectivity index is 2.10. The van der Waals surface area contributed by atoms with Gasteiger partial charge in [0.05, 0.1) is 23.4 Å². The predicted molar refractivity (Wildman–Crippen MR) is 91.7 cm³/mol. The van der Waals surface area contributed by atoms with E-state index >= 15 is 0 Å². The van der Waals surface area contributed by atoms with Crippen LogP contribution in [-0.2, 0) is 4.79 Å². The van der Waals surface area contributed by atoms with Crippen LogP contribution in [0.2, 0.25) is 5.02 Å². The fraction of sp³-hybridized carbons (Fsp3) is 0.125. The Morgan fingerprint density at radius 1 is 1.35 bits per heavy atom. The van der Waals surface area contributed by atoms with E-state index in [9.17, 15) is 9.59 Å². The summed E-state index contributed by atoms with van der Waals surface area (Å²) in [5.41, 5.74) is 0.767. The van der Waals surface area contributed by atoms with Crippen LogP contribution in [0, 0.1) is 0 Å². The number of amides is 1. The average Bonchev–Trinajstić information content (AvgIpc) is 2.54. The van der Waals surface area contributed by atoms with Crippen molar-refractivity contribution in [1.29, 1.82) is 0 Å². The molecule has 1 N–H and O–H groups in total. The number of para-hydroxylation sites is 1. The summed E-state index contributed by atoms with van der Waals surface area (Å²) in [6.45, 7) is -0.288. The minimum atomic E-state index is -0.403. The molecule has 0 saturated heterocycles. The number of rotatable bonds is 6. The average molecular weight is 399 g/mol. The third-order valence-corrected chi connectivity index (χ3v) is 3.68. The second-order valence-electron chi connectivity index (χ2n) is 4.46. The number of ether oxygens (including phenoxy) is 2. The predicted octanol–water partition coefficient (Wildman–Crippen LogP) is 3.94. The minimum absolute atomic E-state index is 0.208. The molecule has 23 heavy (non-hydrogen) atoms. The number of carbonyl (C=O) groups is 2. The topological polar surface area (TPSA) is 64.6 Å². The van der Waals surface area contributed by atoms with Gasteiger partial charge in [-0.1, -0.05) is 39.7 Å². The van der Waals surface area contributed by atoms with Crippen LogP contribution in [0.3, 0.4) is 0 Å². The lowest BCUT2D eigenvalue weighted by molar-refractivity contribution is -0.118. The van der Waals surface area contributed by atoms with Crippen molar-refractivity contribution < 1.29 is 19.1 Å². The van der Waals surface area contributed by atoms with E-state index in [0.717, 1.165) is 0 Å². The lowest BCUT2D eigenvalue weighted by Gasteiger charge is -2.13. The quantitative estimate of drug-likeness (QED) is 0.749. The van der Waals surface area contributed by atoms with Crippen LogP contribution in [-0.4, -0.2) is 25.9 Å². The van der Waals surface area contributed by atoms with Gasteiger partial charge in [0.15, 0.2) is 24.4 Å². The van der Waals surface area contributed by atoms with Crippen molar-refractivity contribution in [3.8, 4) is 11.5 Å². The normalized spacial score (nSPS) is 10.0. The molecule has 0 atom stereocenters. The molecule has 0 heterocycles. The summed E-state index contributed by atoms with van der Waals surface area (Å²) < 4.78 is 11.3. The number of aldehydes is 1. The maximum atomic E-state index is 12.0. The first-order chi connectivity index (χ1) is 11.0. The van der Waals surface area contributed by atoms with Gasteiger partial charge in [0.1, 0.15) is 0 Å². The third kappa shape index (κ3) is 4.46. The van der Waals surface area contributed by atoms with Crippen molar-refractivity contribution in [2.45, 2.75) is 0 Å². The van der Waals surface area contributed by atoms with Crippen LogP contribution in [0.4, 0.5) is 5.69 Å². The fourth-order valence-electron chi connectivity index (χ4n) is 1.87. The maximum absolute atomic E-state index is 12.0. The van der Waals surface area contributed by atoms with Gasteiger partial charge in [-0.2, -0.15) is 0 Å². The molecule has 0 spiro atoms. The van der Waals surface area contributed by atoms with E-state index in [0.29, 0.717) is 27.2 Å². The number of hydrogen-bond donors (Lipinski definition) is 1. The molecule has 2 rings (SSSR count). The van der Waals surface area contributed by atoms with E-state index in [1.54, 1.807) is 36.4 Å². The Morgan fingerprint density at radius 2 is 2.09 bits per heavy atom. The highest BCUT2D eigenvalue weighted by Crippen LogP contribution is 2.34. The molecule has 0 aliphatic carbocycles. The number of nitrogens with one attached hydrogen (secondary N) is 1. The molecule has 0 unspecified atom stereocenters. The second-order valence-corrected chi connectivity index (χ2v) is 5.78. The van der Waals surface area contributed by atoms with Crippen molar-refractivity contribution in [3.05, 3.63) is 51.5 Å². The molecule has 120 valence electrons.